The number of H-pyrrole nitrogens is 1. The number of fused-ring (bicyclic) bond motifs is 1. The number of carbonyl (C=O) groups is 2. The molecule has 0 spiro atoms. The smallest absolute Gasteiger partial charge is 0.295 e. The van der Waals surface area contributed by atoms with E-state index in [1.165, 1.54) is 0 Å². The third kappa shape index (κ3) is 4.63. The van der Waals surface area contributed by atoms with Crippen LogP contribution in [-0.2, 0) is 16.0 Å². The molecule has 1 aromatic heterocycles. The average Bonchev–Trinajstić information content (AvgIpc) is 3.45. The van der Waals surface area contributed by atoms with Gasteiger partial charge in [0.1, 0.15) is 17.3 Å². The van der Waals surface area contributed by atoms with Crippen molar-refractivity contribution >= 4 is 28.4 Å². The van der Waals surface area contributed by atoms with E-state index in [0.717, 1.165) is 33.3 Å². The third-order valence-corrected chi connectivity index (χ3v) is 6.97. The average molecular weight is 511 g/mol. The summed E-state index contributed by atoms with van der Waals surface area (Å²) in [6.07, 6.45) is 2.43. The Kier molecular flexibility index (Phi) is 6.92. The largest absolute Gasteiger partial charge is 0.507 e. The third-order valence-electron chi connectivity index (χ3n) is 6.97. The lowest BCUT2D eigenvalue weighted by Crippen LogP contribution is -2.31. The SMILES string of the molecule is CCOc1ccc([C@H]2C(=C(O)c3ccc(C)cc3)C(=O)C(=O)N2CCc2c[nH]c3ccc(OC)cc23)cc1. The van der Waals surface area contributed by atoms with E-state index >= 15 is 0 Å². The maximum absolute atomic E-state index is 13.4. The number of likely N-dealkylation sites (tertiary alicyclic amines) is 1. The second-order valence-electron chi connectivity index (χ2n) is 9.34. The number of amides is 1. The minimum absolute atomic E-state index is 0.0867. The zero-order valence-corrected chi connectivity index (χ0v) is 21.7. The molecular weight excluding hydrogens is 480 g/mol. The van der Waals surface area contributed by atoms with Crippen LogP contribution in [0.5, 0.6) is 11.5 Å². The Morgan fingerprint density at radius 2 is 1.71 bits per heavy atom. The number of ether oxygens (including phenoxy) is 2. The molecule has 3 aromatic carbocycles. The number of carbonyl (C=O) groups excluding carboxylic acids is 2. The van der Waals surface area contributed by atoms with Crippen molar-refractivity contribution in [2.24, 2.45) is 0 Å². The van der Waals surface area contributed by atoms with Crippen molar-refractivity contribution in [1.29, 1.82) is 0 Å². The number of aliphatic hydroxyl groups is 1. The molecule has 1 atom stereocenters. The van der Waals surface area contributed by atoms with E-state index in [9.17, 15) is 14.7 Å². The number of nitrogens with one attached hydrogen (secondary N) is 1. The van der Waals surface area contributed by atoms with Crippen molar-refractivity contribution in [3.63, 3.8) is 0 Å². The summed E-state index contributed by atoms with van der Waals surface area (Å²) in [4.78, 5) is 31.5. The molecule has 7 heteroatoms. The lowest BCUT2D eigenvalue weighted by atomic mass is 9.95. The number of Topliss-reactive ketones (excluding diaryl/α,β-unsaturated/α-hetero) is 1. The van der Waals surface area contributed by atoms with Gasteiger partial charge in [-0.2, -0.15) is 0 Å². The van der Waals surface area contributed by atoms with Crippen molar-refractivity contribution in [3.8, 4) is 11.5 Å². The number of rotatable bonds is 8. The van der Waals surface area contributed by atoms with Crippen LogP contribution < -0.4 is 9.47 Å². The molecule has 0 saturated carbocycles. The molecular formula is C31H30N2O5. The van der Waals surface area contributed by atoms with Gasteiger partial charge in [0.2, 0.25) is 0 Å². The summed E-state index contributed by atoms with van der Waals surface area (Å²) in [6, 6.07) is 19.6. The Bertz CT molecular complexity index is 1520. The molecule has 7 nitrogen and oxygen atoms in total. The van der Waals surface area contributed by atoms with Crippen LogP contribution in [-0.4, -0.2) is 46.9 Å². The Labute approximate surface area is 221 Å². The molecule has 1 saturated heterocycles. The van der Waals surface area contributed by atoms with E-state index in [2.05, 4.69) is 4.98 Å². The molecule has 0 radical (unpaired) electrons. The standard InChI is InChI=1S/C31H30N2O5/c1-4-38-23-11-9-20(10-12-23)28-27(29(34)21-7-5-19(2)6-8-21)30(35)31(36)33(28)16-15-22-18-32-26-14-13-24(37-3)17-25(22)26/h5-14,17-18,28,32,34H,4,15-16H2,1-3H3/t28-/m0/s1. The molecule has 1 aliphatic heterocycles. The monoisotopic (exact) mass is 510 g/mol. The molecule has 0 bridgehead atoms. The predicted octanol–water partition coefficient (Wildman–Crippen LogP) is 5.55. The van der Waals surface area contributed by atoms with Crippen molar-refractivity contribution in [3.05, 3.63) is 101 Å². The van der Waals surface area contributed by atoms with Gasteiger partial charge in [-0.1, -0.05) is 42.0 Å². The molecule has 1 amide bonds. The first-order chi connectivity index (χ1) is 18.4. The van der Waals surface area contributed by atoms with E-state index in [-0.39, 0.29) is 17.9 Å². The lowest BCUT2D eigenvalue weighted by molar-refractivity contribution is -0.139. The zero-order chi connectivity index (χ0) is 26.8. The fraction of sp³-hybridized carbons (Fsp3) is 0.226. The summed E-state index contributed by atoms with van der Waals surface area (Å²) in [5.41, 5.74) is 4.30. The second kappa shape index (κ2) is 10.5. The van der Waals surface area contributed by atoms with Crippen LogP contribution in [0.25, 0.3) is 16.7 Å². The van der Waals surface area contributed by atoms with Gasteiger partial charge in [-0.25, -0.2) is 0 Å². The van der Waals surface area contributed by atoms with Crippen molar-refractivity contribution in [2.45, 2.75) is 26.3 Å². The first-order valence-electron chi connectivity index (χ1n) is 12.6. The van der Waals surface area contributed by atoms with Crippen molar-refractivity contribution in [1.82, 2.24) is 9.88 Å². The van der Waals surface area contributed by atoms with Crippen LogP contribution in [0.4, 0.5) is 0 Å². The van der Waals surface area contributed by atoms with E-state index in [4.69, 9.17) is 9.47 Å². The van der Waals surface area contributed by atoms with Crippen LogP contribution in [0.2, 0.25) is 0 Å². The van der Waals surface area contributed by atoms with Crippen LogP contribution in [0, 0.1) is 6.92 Å². The normalized spacial score (nSPS) is 16.8. The summed E-state index contributed by atoms with van der Waals surface area (Å²) in [7, 11) is 1.62. The zero-order valence-electron chi connectivity index (χ0n) is 21.7. The molecule has 2 heterocycles. The topological polar surface area (TPSA) is 91.9 Å². The number of aromatic amines is 1. The number of hydrogen-bond acceptors (Lipinski definition) is 5. The molecule has 1 aliphatic rings. The van der Waals surface area contributed by atoms with Gasteiger partial charge in [0, 0.05) is 29.2 Å². The second-order valence-corrected chi connectivity index (χ2v) is 9.34. The number of ketones is 1. The van der Waals surface area contributed by atoms with Gasteiger partial charge >= 0.3 is 0 Å². The molecule has 38 heavy (non-hydrogen) atoms. The first-order valence-corrected chi connectivity index (χ1v) is 12.6. The maximum atomic E-state index is 13.4. The van der Waals surface area contributed by atoms with Crippen LogP contribution in [0.3, 0.4) is 0 Å². The fourth-order valence-corrected chi connectivity index (χ4v) is 4.97. The highest BCUT2D eigenvalue weighted by Gasteiger charge is 2.45. The summed E-state index contributed by atoms with van der Waals surface area (Å²) in [5, 5.41) is 12.3. The highest BCUT2D eigenvalue weighted by Crippen LogP contribution is 2.40. The van der Waals surface area contributed by atoms with Gasteiger partial charge in [0.25, 0.3) is 11.7 Å². The van der Waals surface area contributed by atoms with Crippen LogP contribution >= 0.6 is 0 Å². The van der Waals surface area contributed by atoms with E-state index in [1.807, 2.05) is 74.6 Å². The Morgan fingerprint density at radius 1 is 1.00 bits per heavy atom. The Hall–Kier alpha value is -4.52. The molecule has 5 rings (SSSR count). The molecule has 4 aromatic rings. The number of benzene rings is 3. The van der Waals surface area contributed by atoms with Gasteiger partial charge in [-0.3, -0.25) is 9.59 Å². The van der Waals surface area contributed by atoms with Gasteiger partial charge in [-0.15, -0.1) is 0 Å². The first kappa shape index (κ1) is 25.1. The number of aromatic nitrogens is 1. The fourth-order valence-electron chi connectivity index (χ4n) is 4.97. The summed E-state index contributed by atoms with van der Waals surface area (Å²) >= 11 is 0. The number of nitrogens with zero attached hydrogens (tertiary/aromatic N) is 1. The maximum Gasteiger partial charge on any atom is 0.295 e. The Balaban J connectivity index is 1.54. The van der Waals surface area contributed by atoms with E-state index in [1.54, 1.807) is 24.1 Å². The minimum atomic E-state index is -0.730. The Morgan fingerprint density at radius 3 is 2.39 bits per heavy atom. The van der Waals surface area contributed by atoms with E-state index < -0.39 is 17.7 Å². The summed E-state index contributed by atoms with van der Waals surface area (Å²) < 4.78 is 11.0. The van der Waals surface area contributed by atoms with Gasteiger partial charge < -0.3 is 24.5 Å². The molecule has 1 fully saturated rings. The lowest BCUT2D eigenvalue weighted by Gasteiger charge is -2.25. The highest BCUT2D eigenvalue weighted by molar-refractivity contribution is 6.46. The van der Waals surface area contributed by atoms with Crippen molar-refractivity contribution < 1.29 is 24.2 Å². The molecule has 2 N–H and O–H groups in total. The van der Waals surface area contributed by atoms with Gasteiger partial charge in [0.05, 0.1) is 25.3 Å². The van der Waals surface area contributed by atoms with Gasteiger partial charge in [0.15, 0.2) is 0 Å². The van der Waals surface area contributed by atoms with Gasteiger partial charge in [-0.05, 0) is 61.7 Å². The number of aliphatic hydroxyl groups excluding tert-OH is 1. The van der Waals surface area contributed by atoms with Crippen LogP contribution in [0.15, 0.2) is 78.5 Å². The van der Waals surface area contributed by atoms with E-state index in [0.29, 0.717) is 24.3 Å². The quantitative estimate of drug-likeness (QED) is 0.184. The summed E-state index contributed by atoms with van der Waals surface area (Å²) in [5.74, 6) is -0.0650. The number of aryl methyl sites for hydroxylation is 1. The minimum Gasteiger partial charge on any atom is -0.507 e. The molecule has 0 unspecified atom stereocenters. The number of methoxy groups -OCH3 is 1. The predicted molar refractivity (Wildman–Crippen MR) is 146 cm³/mol. The number of hydrogen-bond donors (Lipinski definition) is 2. The van der Waals surface area contributed by atoms with Crippen LogP contribution in [0.1, 0.15) is 35.2 Å². The molecule has 194 valence electrons. The van der Waals surface area contributed by atoms with Crippen molar-refractivity contribution in [2.75, 3.05) is 20.3 Å². The summed E-state index contributed by atoms with van der Waals surface area (Å²) in [6.45, 7) is 4.67. The molecule has 0 aliphatic carbocycles. The highest BCUT2D eigenvalue weighted by atomic mass is 16.5.